The summed E-state index contributed by atoms with van der Waals surface area (Å²) < 4.78 is 1.97. The first-order valence-corrected chi connectivity index (χ1v) is 7.60. The number of aryl methyl sites for hydroxylation is 2. The van der Waals surface area contributed by atoms with Gasteiger partial charge in [-0.15, -0.1) is 0 Å². The van der Waals surface area contributed by atoms with E-state index in [9.17, 15) is 9.90 Å². The highest BCUT2D eigenvalue weighted by Crippen LogP contribution is 2.35. The number of imidazole rings is 1. The number of nitrogens with one attached hydrogen (secondary N) is 1. The zero-order valence-electron chi connectivity index (χ0n) is 12.9. The van der Waals surface area contributed by atoms with E-state index >= 15 is 0 Å². The number of rotatable bonds is 1. The normalized spacial score (nSPS) is 20.4. The molecule has 23 heavy (non-hydrogen) atoms. The standard InChI is InChI=1S/C18H17N3O2/c1-10-11(2)21-9-8-13-15(18(21)19-10)20-14(17(23)16(13)22)12-6-4-3-5-7-12/h3-9,14,17,20,23H,1-2H3/t14-,17?/m1/s1. The fraction of sp³-hybridized carbons (Fsp3) is 0.222. The lowest BCUT2D eigenvalue weighted by atomic mass is 9.90. The largest absolute Gasteiger partial charge is 0.382 e. The summed E-state index contributed by atoms with van der Waals surface area (Å²) in [7, 11) is 0. The monoisotopic (exact) mass is 307 g/mol. The summed E-state index contributed by atoms with van der Waals surface area (Å²) in [6.45, 7) is 3.94. The minimum Gasteiger partial charge on any atom is -0.382 e. The van der Waals surface area contributed by atoms with Crippen molar-refractivity contribution in [2.45, 2.75) is 26.0 Å². The van der Waals surface area contributed by atoms with Crippen molar-refractivity contribution in [3.8, 4) is 0 Å². The molecule has 2 aromatic heterocycles. The smallest absolute Gasteiger partial charge is 0.196 e. The second-order valence-corrected chi connectivity index (χ2v) is 5.92. The Kier molecular flexibility index (Phi) is 2.99. The number of benzene rings is 1. The molecule has 0 saturated heterocycles. The molecule has 1 unspecified atom stereocenters. The number of hydrogen-bond acceptors (Lipinski definition) is 4. The Labute approximate surface area is 133 Å². The molecular weight excluding hydrogens is 290 g/mol. The first kappa shape index (κ1) is 14.0. The highest BCUT2D eigenvalue weighted by atomic mass is 16.3. The van der Waals surface area contributed by atoms with E-state index < -0.39 is 12.1 Å². The number of fused-ring (bicyclic) bond motifs is 3. The summed E-state index contributed by atoms with van der Waals surface area (Å²) in [6, 6.07) is 10.8. The number of aromatic nitrogens is 2. The van der Waals surface area contributed by atoms with Crippen molar-refractivity contribution in [1.29, 1.82) is 0 Å². The van der Waals surface area contributed by atoms with Gasteiger partial charge in [-0.1, -0.05) is 30.3 Å². The van der Waals surface area contributed by atoms with Gasteiger partial charge in [-0.3, -0.25) is 4.79 Å². The van der Waals surface area contributed by atoms with Crippen LogP contribution >= 0.6 is 0 Å². The molecule has 0 aliphatic carbocycles. The van der Waals surface area contributed by atoms with Crippen molar-refractivity contribution < 1.29 is 9.90 Å². The number of Topliss-reactive ketones (excluding diaryl/α,β-unsaturated/α-hetero) is 1. The quantitative estimate of drug-likeness (QED) is 0.725. The lowest BCUT2D eigenvalue weighted by molar-refractivity contribution is 0.0695. The summed E-state index contributed by atoms with van der Waals surface area (Å²) in [5.41, 5.74) is 4.74. The molecule has 2 N–H and O–H groups in total. The van der Waals surface area contributed by atoms with Crippen molar-refractivity contribution in [3.05, 3.63) is 65.1 Å². The fourth-order valence-electron chi connectivity index (χ4n) is 3.16. The van der Waals surface area contributed by atoms with E-state index in [1.54, 1.807) is 6.07 Å². The van der Waals surface area contributed by atoms with Crippen molar-refractivity contribution in [1.82, 2.24) is 9.38 Å². The van der Waals surface area contributed by atoms with Gasteiger partial charge in [0.25, 0.3) is 0 Å². The van der Waals surface area contributed by atoms with Crippen LogP contribution in [-0.2, 0) is 0 Å². The second-order valence-electron chi connectivity index (χ2n) is 5.92. The number of nitrogens with zero attached hydrogens (tertiary/aromatic N) is 2. The lowest BCUT2D eigenvalue weighted by Gasteiger charge is -2.31. The first-order valence-electron chi connectivity index (χ1n) is 7.60. The second kappa shape index (κ2) is 4.93. The number of carbonyl (C=O) groups is 1. The van der Waals surface area contributed by atoms with Gasteiger partial charge in [0.15, 0.2) is 11.4 Å². The molecule has 1 aliphatic heterocycles. The maximum absolute atomic E-state index is 12.6. The van der Waals surface area contributed by atoms with Crippen LogP contribution in [0.2, 0.25) is 0 Å². The number of ketones is 1. The number of carbonyl (C=O) groups excluding carboxylic acids is 1. The molecule has 5 nitrogen and oxygen atoms in total. The maximum Gasteiger partial charge on any atom is 0.196 e. The van der Waals surface area contributed by atoms with Crippen molar-refractivity contribution in [3.63, 3.8) is 0 Å². The van der Waals surface area contributed by atoms with Gasteiger partial charge >= 0.3 is 0 Å². The molecule has 0 bridgehead atoms. The van der Waals surface area contributed by atoms with E-state index in [0.717, 1.165) is 22.6 Å². The summed E-state index contributed by atoms with van der Waals surface area (Å²) >= 11 is 0. The third-order valence-corrected chi connectivity index (χ3v) is 4.58. The van der Waals surface area contributed by atoms with Gasteiger partial charge in [0.1, 0.15) is 6.10 Å². The van der Waals surface area contributed by atoms with Gasteiger partial charge in [0.05, 0.1) is 17.4 Å². The van der Waals surface area contributed by atoms with Crippen LogP contribution in [0.25, 0.3) is 5.65 Å². The van der Waals surface area contributed by atoms with Gasteiger partial charge in [0.2, 0.25) is 0 Å². The number of hydrogen-bond donors (Lipinski definition) is 2. The number of anilines is 1. The molecule has 0 saturated carbocycles. The Balaban J connectivity index is 1.92. The molecule has 0 amide bonds. The topological polar surface area (TPSA) is 66.6 Å². The molecule has 0 spiro atoms. The van der Waals surface area contributed by atoms with Crippen LogP contribution in [0.15, 0.2) is 42.6 Å². The molecular formula is C18H17N3O2. The average Bonchev–Trinajstić information content (AvgIpc) is 2.86. The molecule has 2 atom stereocenters. The van der Waals surface area contributed by atoms with Gasteiger partial charge in [0, 0.05) is 17.5 Å². The van der Waals surface area contributed by atoms with Crippen LogP contribution in [0, 0.1) is 13.8 Å². The molecule has 4 rings (SSSR count). The minimum absolute atomic E-state index is 0.270. The maximum atomic E-state index is 12.6. The fourth-order valence-corrected chi connectivity index (χ4v) is 3.16. The highest BCUT2D eigenvalue weighted by Gasteiger charge is 2.36. The van der Waals surface area contributed by atoms with Crippen LogP contribution in [-0.4, -0.2) is 26.4 Å². The van der Waals surface area contributed by atoms with E-state index in [1.807, 2.05) is 54.8 Å². The van der Waals surface area contributed by atoms with Gasteiger partial charge in [-0.2, -0.15) is 0 Å². The van der Waals surface area contributed by atoms with Gasteiger partial charge in [-0.05, 0) is 25.5 Å². The van der Waals surface area contributed by atoms with Crippen LogP contribution in [0.5, 0.6) is 0 Å². The van der Waals surface area contributed by atoms with Gasteiger partial charge in [-0.25, -0.2) is 4.98 Å². The minimum atomic E-state index is -1.11. The van der Waals surface area contributed by atoms with Crippen molar-refractivity contribution in [2.24, 2.45) is 0 Å². The van der Waals surface area contributed by atoms with Crippen molar-refractivity contribution >= 4 is 17.1 Å². The van der Waals surface area contributed by atoms with E-state index in [0.29, 0.717) is 11.3 Å². The number of pyridine rings is 1. The molecule has 3 aromatic rings. The van der Waals surface area contributed by atoms with E-state index in [-0.39, 0.29) is 5.78 Å². The summed E-state index contributed by atoms with van der Waals surface area (Å²) in [6.07, 6.45) is 0.725. The summed E-state index contributed by atoms with van der Waals surface area (Å²) in [4.78, 5) is 17.2. The molecule has 3 heterocycles. The molecule has 116 valence electrons. The van der Waals surface area contributed by atoms with Crippen molar-refractivity contribution in [2.75, 3.05) is 5.32 Å². The van der Waals surface area contributed by atoms with E-state index in [2.05, 4.69) is 10.3 Å². The Morgan fingerprint density at radius 1 is 1.17 bits per heavy atom. The predicted molar refractivity (Wildman–Crippen MR) is 87.8 cm³/mol. The number of aliphatic hydroxyl groups is 1. The zero-order valence-corrected chi connectivity index (χ0v) is 12.9. The van der Waals surface area contributed by atoms with Crippen LogP contribution in [0.1, 0.15) is 33.4 Å². The van der Waals surface area contributed by atoms with Gasteiger partial charge < -0.3 is 14.8 Å². The van der Waals surface area contributed by atoms with Crippen LogP contribution in [0.4, 0.5) is 5.69 Å². The van der Waals surface area contributed by atoms with Crippen LogP contribution in [0.3, 0.4) is 0 Å². The molecule has 0 radical (unpaired) electrons. The predicted octanol–water partition coefficient (Wildman–Crippen LogP) is 2.66. The first-order chi connectivity index (χ1) is 11.1. The zero-order chi connectivity index (χ0) is 16.1. The highest BCUT2D eigenvalue weighted by molar-refractivity contribution is 6.09. The Hall–Kier alpha value is -2.66. The summed E-state index contributed by atoms with van der Waals surface area (Å²) in [5.74, 6) is -0.270. The van der Waals surface area contributed by atoms with E-state index in [1.165, 1.54) is 0 Å². The molecule has 5 heteroatoms. The Bertz CT molecular complexity index is 915. The summed E-state index contributed by atoms with van der Waals surface area (Å²) in [5, 5.41) is 13.8. The molecule has 1 aromatic carbocycles. The SMILES string of the molecule is Cc1nc2c3c(ccn2c1C)C(=O)C(O)[C@@H](c1ccccc1)N3. The Morgan fingerprint density at radius 3 is 2.65 bits per heavy atom. The van der Waals surface area contributed by atoms with Crippen LogP contribution < -0.4 is 5.32 Å². The Morgan fingerprint density at radius 2 is 1.91 bits per heavy atom. The average molecular weight is 307 g/mol. The lowest BCUT2D eigenvalue weighted by Crippen LogP contribution is -2.38. The molecule has 1 aliphatic rings. The molecule has 0 fully saturated rings. The number of aliphatic hydroxyl groups excluding tert-OH is 1. The van der Waals surface area contributed by atoms with E-state index in [4.69, 9.17) is 0 Å². The third-order valence-electron chi connectivity index (χ3n) is 4.58. The third kappa shape index (κ3) is 1.97.